The molecule has 0 bridgehead atoms. The number of hydrogen-bond acceptors (Lipinski definition) is 7. The first-order valence-electron chi connectivity index (χ1n) is 12.9. The molecule has 2 heterocycles. The van der Waals surface area contributed by atoms with Gasteiger partial charge < -0.3 is 30.3 Å². The van der Waals surface area contributed by atoms with Gasteiger partial charge in [0.2, 0.25) is 0 Å². The second-order valence-electron chi connectivity index (χ2n) is 9.78. The smallest absolute Gasteiger partial charge is 0.349 e. The van der Waals surface area contributed by atoms with Crippen LogP contribution in [0.3, 0.4) is 0 Å². The van der Waals surface area contributed by atoms with Gasteiger partial charge >= 0.3 is 11.9 Å². The van der Waals surface area contributed by atoms with E-state index >= 15 is 0 Å². The molecule has 4 rings (SSSR count). The summed E-state index contributed by atoms with van der Waals surface area (Å²) >= 11 is 4.35. The van der Waals surface area contributed by atoms with Crippen LogP contribution in [0.15, 0.2) is 53.0 Å². The van der Waals surface area contributed by atoms with Gasteiger partial charge in [-0.15, -0.1) is 11.3 Å². The van der Waals surface area contributed by atoms with Gasteiger partial charge in [0.25, 0.3) is 5.91 Å². The molecule has 11 heteroatoms. The Balaban J connectivity index is 1.63. The highest BCUT2D eigenvalue weighted by Gasteiger charge is 2.32. The van der Waals surface area contributed by atoms with Crippen LogP contribution in [0.25, 0.3) is 10.4 Å². The lowest BCUT2D eigenvalue weighted by Gasteiger charge is -2.30. The van der Waals surface area contributed by atoms with Gasteiger partial charge in [0, 0.05) is 11.6 Å². The van der Waals surface area contributed by atoms with Gasteiger partial charge in [0.05, 0.1) is 9.35 Å². The Kier molecular flexibility index (Phi) is 9.83. The molecule has 1 aliphatic heterocycles. The summed E-state index contributed by atoms with van der Waals surface area (Å²) in [7, 11) is 0. The maximum atomic E-state index is 13.7. The number of halogens is 1. The number of aliphatic carboxylic acids is 1. The van der Waals surface area contributed by atoms with Crippen LogP contribution >= 0.6 is 27.3 Å². The number of piperidine rings is 1. The highest BCUT2D eigenvalue weighted by atomic mass is 79.9. The minimum Gasteiger partial charge on any atom is -0.480 e. The molecule has 1 fully saturated rings. The first kappa shape index (κ1) is 29.6. The number of carboxylic acid groups (broad SMARTS) is 2. The standard InChI is InChI=1S/C29H31BrN2O7S/c1-16(2)20-8-3-4-9-21(20)32-28(35)24(17-10-12-31-13-11-17)39-19-7-5-6-18(14-19)26-23(30)25(38-15-22(33)34)27(40-26)29(36)37/h3-9,14,16-17,24,31H,10-13,15H2,1-2H3,(H,32,35)(H,33,34)(H,36,37). The molecule has 40 heavy (non-hydrogen) atoms. The molecule has 1 amide bonds. The molecule has 9 nitrogen and oxygen atoms in total. The second-order valence-corrected chi connectivity index (χ2v) is 11.6. The second kappa shape index (κ2) is 13.3. The summed E-state index contributed by atoms with van der Waals surface area (Å²) in [4.78, 5) is 36.9. The first-order valence-corrected chi connectivity index (χ1v) is 14.5. The minimum absolute atomic E-state index is 0.000716. The summed E-state index contributed by atoms with van der Waals surface area (Å²) in [6.45, 7) is 5.06. The number of nitrogens with one attached hydrogen (secondary N) is 2. The highest BCUT2D eigenvalue weighted by molar-refractivity contribution is 9.10. The van der Waals surface area contributed by atoms with Gasteiger partial charge in [-0.25, -0.2) is 9.59 Å². The number of hydrogen-bond donors (Lipinski definition) is 4. The number of thiophene rings is 1. The van der Waals surface area contributed by atoms with Crippen LogP contribution in [-0.4, -0.2) is 53.9 Å². The van der Waals surface area contributed by atoms with E-state index in [1.165, 1.54) is 0 Å². The molecule has 1 atom stereocenters. The fraction of sp³-hybridized carbons (Fsp3) is 0.345. The van der Waals surface area contributed by atoms with Gasteiger partial charge in [-0.3, -0.25) is 4.79 Å². The predicted molar refractivity (Wildman–Crippen MR) is 157 cm³/mol. The van der Waals surface area contributed by atoms with E-state index in [0.717, 1.165) is 48.5 Å². The van der Waals surface area contributed by atoms with Crippen molar-refractivity contribution in [3.05, 3.63) is 63.4 Å². The number of rotatable bonds is 11. The summed E-state index contributed by atoms with van der Waals surface area (Å²) in [5.74, 6) is -2.02. The van der Waals surface area contributed by atoms with E-state index in [4.69, 9.17) is 14.6 Å². The number of para-hydroxylation sites is 1. The summed E-state index contributed by atoms with van der Waals surface area (Å²) in [5.41, 5.74) is 2.44. The fourth-order valence-corrected chi connectivity index (χ4v) is 6.56. The third-order valence-corrected chi connectivity index (χ3v) is 8.84. The van der Waals surface area contributed by atoms with E-state index in [1.54, 1.807) is 24.3 Å². The van der Waals surface area contributed by atoms with E-state index in [2.05, 4.69) is 40.4 Å². The van der Waals surface area contributed by atoms with Crippen molar-refractivity contribution in [2.45, 2.75) is 38.7 Å². The first-order chi connectivity index (χ1) is 19.2. The van der Waals surface area contributed by atoms with Crippen LogP contribution in [0.1, 0.15) is 47.8 Å². The molecule has 2 aromatic carbocycles. The van der Waals surface area contributed by atoms with Crippen molar-refractivity contribution in [1.82, 2.24) is 5.32 Å². The fourth-order valence-electron chi connectivity index (χ4n) is 4.67. The van der Waals surface area contributed by atoms with Gasteiger partial charge in [-0.2, -0.15) is 0 Å². The van der Waals surface area contributed by atoms with Crippen molar-refractivity contribution in [3.8, 4) is 21.9 Å². The normalized spacial score (nSPS) is 14.5. The molecule has 0 spiro atoms. The predicted octanol–water partition coefficient (Wildman–Crippen LogP) is 5.85. The molecule has 3 aromatic rings. The molecule has 1 aliphatic rings. The molecular formula is C29H31BrN2O7S. The third kappa shape index (κ3) is 7.01. The zero-order valence-electron chi connectivity index (χ0n) is 22.1. The number of aromatic carboxylic acids is 1. The van der Waals surface area contributed by atoms with E-state index in [-0.39, 0.29) is 28.4 Å². The molecule has 4 N–H and O–H groups in total. The molecule has 1 saturated heterocycles. The largest absolute Gasteiger partial charge is 0.480 e. The summed E-state index contributed by atoms with van der Waals surface area (Å²) < 4.78 is 12.0. The van der Waals surface area contributed by atoms with Crippen molar-refractivity contribution in [1.29, 1.82) is 0 Å². The molecule has 1 aromatic heterocycles. The number of ether oxygens (including phenoxy) is 2. The van der Waals surface area contributed by atoms with Crippen molar-refractivity contribution in [2.75, 3.05) is 25.0 Å². The van der Waals surface area contributed by atoms with Crippen LogP contribution in [0.5, 0.6) is 11.5 Å². The molecule has 0 saturated carbocycles. The topological polar surface area (TPSA) is 134 Å². The summed E-state index contributed by atoms with van der Waals surface area (Å²) in [6.07, 6.45) is 0.826. The zero-order chi connectivity index (χ0) is 28.8. The minimum atomic E-state index is -1.23. The Morgan fingerprint density at radius 3 is 2.50 bits per heavy atom. The number of amides is 1. The lowest BCUT2D eigenvalue weighted by Crippen LogP contribution is -2.44. The van der Waals surface area contributed by atoms with Crippen molar-refractivity contribution < 1.29 is 34.1 Å². The Morgan fingerprint density at radius 2 is 1.82 bits per heavy atom. The third-order valence-electron chi connectivity index (χ3n) is 6.61. The molecular weight excluding hydrogens is 600 g/mol. The number of benzene rings is 2. The van der Waals surface area contributed by atoms with Crippen molar-refractivity contribution in [3.63, 3.8) is 0 Å². The SMILES string of the molecule is CC(C)c1ccccc1NC(=O)C(Oc1cccc(-c2sc(C(=O)O)c(OCC(=O)O)c2Br)c1)C1CCNCC1. The molecule has 0 radical (unpaired) electrons. The van der Waals surface area contributed by atoms with E-state index in [0.29, 0.717) is 20.7 Å². The van der Waals surface area contributed by atoms with Crippen molar-refractivity contribution in [2.24, 2.45) is 5.92 Å². The van der Waals surface area contributed by atoms with Gasteiger partial charge in [0.1, 0.15) is 5.75 Å². The highest BCUT2D eigenvalue weighted by Crippen LogP contribution is 2.46. The quantitative estimate of drug-likeness (QED) is 0.207. The van der Waals surface area contributed by atoms with Gasteiger partial charge in [-0.1, -0.05) is 44.2 Å². The number of anilines is 1. The maximum Gasteiger partial charge on any atom is 0.349 e. The Morgan fingerprint density at radius 1 is 1.10 bits per heavy atom. The average molecular weight is 632 g/mol. The maximum absolute atomic E-state index is 13.7. The number of carbonyl (C=O) groups is 3. The zero-order valence-corrected chi connectivity index (χ0v) is 24.5. The van der Waals surface area contributed by atoms with E-state index < -0.39 is 24.6 Å². The lowest BCUT2D eigenvalue weighted by molar-refractivity contribution is -0.139. The molecule has 212 valence electrons. The van der Waals surface area contributed by atoms with Crippen LogP contribution < -0.4 is 20.1 Å². The summed E-state index contributed by atoms with van der Waals surface area (Å²) in [5, 5.41) is 25.1. The Hall–Kier alpha value is -3.41. The lowest BCUT2D eigenvalue weighted by atomic mass is 9.91. The monoisotopic (exact) mass is 630 g/mol. The van der Waals surface area contributed by atoms with Crippen LogP contribution in [-0.2, 0) is 9.59 Å². The Bertz CT molecular complexity index is 1380. The van der Waals surface area contributed by atoms with E-state index in [9.17, 15) is 19.5 Å². The van der Waals surface area contributed by atoms with Gasteiger partial charge in [0.15, 0.2) is 23.3 Å². The average Bonchev–Trinajstić information content (AvgIpc) is 3.27. The Labute approximate surface area is 244 Å². The number of carboxylic acids is 2. The van der Waals surface area contributed by atoms with Crippen LogP contribution in [0.2, 0.25) is 0 Å². The van der Waals surface area contributed by atoms with Crippen molar-refractivity contribution >= 4 is 50.8 Å². The van der Waals surface area contributed by atoms with E-state index in [1.807, 2.05) is 24.3 Å². The molecule has 1 unspecified atom stereocenters. The van der Waals surface area contributed by atoms with Crippen LogP contribution in [0.4, 0.5) is 5.69 Å². The number of carbonyl (C=O) groups excluding carboxylic acids is 1. The molecule has 0 aliphatic carbocycles. The van der Waals surface area contributed by atoms with Gasteiger partial charge in [-0.05, 0) is 77.1 Å². The van der Waals surface area contributed by atoms with Crippen LogP contribution in [0, 0.1) is 5.92 Å². The summed E-state index contributed by atoms with van der Waals surface area (Å²) in [6, 6.07) is 14.8.